The van der Waals surface area contributed by atoms with Crippen LogP contribution < -0.4 is 10.6 Å². The van der Waals surface area contributed by atoms with Gasteiger partial charge in [0.15, 0.2) is 5.82 Å². The van der Waals surface area contributed by atoms with Crippen molar-refractivity contribution in [2.75, 3.05) is 17.7 Å². The maximum absolute atomic E-state index is 13.1. The first-order chi connectivity index (χ1) is 13.8. The van der Waals surface area contributed by atoms with Crippen molar-refractivity contribution in [3.8, 4) is 0 Å². The SMILES string of the molecule is CCc1nc(Cc2ccc(F)cc2)nc(Nc2cccc(C(F)(F)F)c2)c1NC. The molecule has 2 aromatic carbocycles. The normalized spacial score (nSPS) is 11.4. The molecule has 0 aliphatic heterocycles. The molecule has 0 bridgehead atoms. The molecule has 0 radical (unpaired) electrons. The number of nitrogens with one attached hydrogen (secondary N) is 2. The second kappa shape index (κ2) is 8.46. The van der Waals surface area contributed by atoms with Gasteiger partial charge in [-0.1, -0.05) is 25.1 Å². The Labute approximate surface area is 166 Å². The quantitative estimate of drug-likeness (QED) is 0.527. The first-order valence-corrected chi connectivity index (χ1v) is 9.06. The first-order valence-electron chi connectivity index (χ1n) is 9.06. The predicted octanol–water partition coefficient (Wildman–Crippen LogP) is 5.57. The molecule has 2 N–H and O–H groups in total. The topological polar surface area (TPSA) is 49.8 Å². The fourth-order valence-corrected chi connectivity index (χ4v) is 2.94. The second-order valence-electron chi connectivity index (χ2n) is 6.42. The number of alkyl halides is 3. The van der Waals surface area contributed by atoms with Crippen LogP contribution in [0.2, 0.25) is 0 Å². The van der Waals surface area contributed by atoms with Gasteiger partial charge in [-0.25, -0.2) is 14.4 Å². The zero-order valence-electron chi connectivity index (χ0n) is 15.9. The summed E-state index contributed by atoms with van der Waals surface area (Å²) in [4.78, 5) is 9.05. The second-order valence-corrected chi connectivity index (χ2v) is 6.42. The fourth-order valence-electron chi connectivity index (χ4n) is 2.94. The smallest absolute Gasteiger partial charge is 0.384 e. The minimum atomic E-state index is -4.43. The highest BCUT2D eigenvalue weighted by molar-refractivity contribution is 5.72. The number of nitrogens with zero attached hydrogens (tertiary/aromatic N) is 2. The molecule has 3 aromatic rings. The van der Waals surface area contributed by atoms with E-state index in [1.54, 1.807) is 25.2 Å². The molecule has 1 heterocycles. The number of hydrogen-bond acceptors (Lipinski definition) is 4. The lowest BCUT2D eigenvalue weighted by molar-refractivity contribution is -0.137. The van der Waals surface area contributed by atoms with E-state index in [0.717, 1.165) is 23.4 Å². The molecule has 0 unspecified atom stereocenters. The van der Waals surface area contributed by atoms with Crippen LogP contribution in [-0.4, -0.2) is 17.0 Å². The van der Waals surface area contributed by atoms with Crippen LogP contribution in [-0.2, 0) is 19.0 Å². The first kappa shape index (κ1) is 20.6. The third kappa shape index (κ3) is 5.01. The molecule has 1 aromatic heterocycles. The third-order valence-electron chi connectivity index (χ3n) is 4.34. The van der Waals surface area contributed by atoms with E-state index >= 15 is 0 Å². The van der Waals surface area contributed by atoms with Crippen LogP contribution in [0.3, 0.4) is 0 Å². The zero-order chi connectivity index (χ0) is 21.0. The molecule has 29 heavy (non-hydrogen) atoms. The van der Waals surface area contributed by atoms with Crippen molar-refractivity contribution < 1.29 is 17.6 Å². The van der Waals surface area contributed by atoms with Crippen molar-refractivity contribution in [2.45, 2.75) is 25.9 Å². The molecule has 0 aliphatic rings. The van der Waals surface area contributed by atoms with Gasteiger partial charge >= 0.3 is 6.18 Å². The number of benzene rings is 2. The van der Waals surface area contributed by atoms with E-state index < -0.39 is 11.7 Å². The molecule has 0 saturated carbocycles. The summed E-state index contributed by atoms with van der Waals surface area (Å²) >= 11 is 0. The van der Waals surface area contributed by atoms with Gasteiger partial charge in [0.05, 0.1) is 16.9 Å². The summed E-state index contributed by atoms with van der Waals surface area (Å²) in [5, 5.41) is 5.99. The Bertz CT molecular complexity index is 985. The summed E-state index contributed by atoms with van der Waals surface area (Å²) in [6, 6.07) is 11.0. The van der Waals surface area contributed by atoms with Crippen molar-refractivity contribution in [3.05, 3.63) is 77.0 Å². The van der Waals surface area contributed by atoms with Gasteiger partial charge in [0, 0.05) is 19.2 Å². The number of anilines is 3. The van der Waals surface area contributed by atoms with E-state index in [4.69, 9.17) is 0 Å². The lowest BCUT2D eigenvalue weighted by Gasteiger charge is -2.16. The average molecular weight is 404 g/mol. The van der Waals surface area contributed by atoms with E-state index in [0.29, 0.717) is 30.2 Å². The fraction of sp³-hybridized carbons (Fsp3) is 0.238. The number of hydrogen-bond donors (Lipinski definition) is 2. The number of aryl methyl sites for hydroxylation is 1. The van der Waals surface area contributed by atoms with Gasteiger partial charge in [0.2, 0.25) is 0 Å². The van der Waals surface area contributed by atoms with E-state index in [9.17, 15) is 17.6 Å². The van der Waals surface area contributed by atoms with Gasteiger partial charge in [-0.2, -0.15) is 13.2 Å². The van der Waals surface area contributed by atoms with Gasteiger partial charge in [-0.3, -0.25) is 0 Å². The maximum Gasteiger partial charge on any atom is 0.416 e. The van der Waals surface area contributed by atoms with Gasteiger partial charge in [0.25, 0.3) is 0 Å². The van der Waals surface area contributed by atoms with Crippen molar-refractivity contribution in [3.63, 3.8) is 0 Å². The Morgan fingerprint density at radius 2 is 1.72 bits per heavy atom. The van der Waals surface area contributed by atoms with Crippen molar-refractivity contribution in [1.29, 1.82) is 0 Å². The highest BCUT2D eigenvalue weighted by atomic mass is 19.4. The van der Waals surface area contributed by atoms with Crippen LogP contribution in [0.1, 0.15) is 29.6 Å². The molecule has 0 saturated heterocycles. The van der Waals surface area contributed by atoms with Crippen LogP contribution in [0, 0.1) is 5.82 Å². The van der Waals surface area contributed by atoms with Gasteiger partial charge in [-0.15, -0.1) is 0 Å². The summed E-state index contributed by atoms with van der Waals surface area (Å²) < 4.78 is 52.2. The standard InChI is InChI=1S/C21H20F4N4/c1-3-17-19(26-2)20(27-16-6-4-5-14(12-16)21(23,24)25)29-18(28-17)11-13-7-9-15(22)10-8-13/h4-10,12,26H,3,11H2,1-2H3,(H,27,28,29). The molecule has 0 spiro atoms. The van der Waals surface area contributed by atoms with E-state index in [1.165, 1.54) is 18.2 Å². The third-order valence-corrected chi connectivity index (χ3v) is 4.34. The Balaban J connectivity index is 1.97. The minimum Gasteiger partial charge on any atom is -0.384 e. The summed E-state index contributed by atoms with van der Waals surface area (Å²) in [5.74, 6) is 0.541. The predicted molar refractivity (Wildman–Crippen MR) is 105 cm³/mol. The van der Waals surface area contributed by atoms with Crippen molar-refractivity contribution in [2.24, 2.45) is 0 Å². The molecule has 0 amide bonds. The van der Waals surface area contributed by atoms with Gasteiger partial charge in [0.1, 0.15) is 11.6 Å². The Kier molecular flexibility index (Phi) is 6.00. The van der Waals surface area contributed by atoms with Crippen LogP contribution in [0.5, 0.6) is 0 Å². The van der Waals surface area contributed by atoms with Crippen LogP contribution in [0.15, 0.2) is 48.5 Å². The minimum absolute atomic E-state index is 0.268. The van der Waals surface area contributed by atoms with Crippen molar-refractivity contribution in [1.82, 2.24) is 9.97 Å². The molecule has 4 nitrogen and oxygen atoms in total. The molecule has 0 atom stereocenters. The Hall–Kier alpha value is -3.16. The molecule has 0 aliphatic carbocycles. The molecule has 0 fully saturated rings. The largest absolute Gasteiger partial charge is 0.416 e. The summed E-state index contributed by atoms with van der Waals surface area (Å²) in [7, 11) is 1.70. The zero-order valence-corrected chi connectivity index (χ0v) is 15.9. The lowest BCUT2D eigenvalue weighted by atomic mass is 10.1. The Morgan fingerprint density at radius 3 is 2.34 bits per heavy atom. The summed E-state index contributed by atoms with van der Waals surface area (Å²) in [5.41, 5.74) is 1.70. The summed E-state index contributed by atoms with van der Waals surface area (Å²) in [6.45, 7) is 1.93. The molecule has 3 rings (SSSR count). The number of rotatable bonds is 6. The number of halogens is 4. The van der Waals surface area contributed by atoms with Crippen molar-refractivity contribution >= 4 is 17.2 Å². The monoisotopic (exact) mass is 404 g/mol. The van der Waals surface area contributed by atoms with Crippen LogP contribution >= 0.6 is 0 Å². The lowest BCUT2D eigenvalue weighted by Crippen LogP contribution is -2.10. The maximum atomic E-state index is 13.1. The molecular weight excluding hydrogens is 384 g/mol. The highest BCUT2D eigenvalue weighted by Crippen LogP contribution is 2.33. The van der Waals surface area contributed by atoms with Crippen LogP contribution in [0.4, 0.5) is 34.8 Å². The van der Waals surface area contributed by atoms with Gasteiger partial charge < -0.3 is 10.6 Å². The Morgan fingerprint density at radius 1 is 1.00 bits per heavy atom. The van der Waals surface area contributed by atoms with E-state index in [-0.39, 0.29) is 11.5 Å². The highest BCUT2D eigenvalue weighted by Gasteiger charge is 2.30. The van der Waals surface area contributed by atoms with Crippen LogP contribution in [0.25, 0.3) is 0 Å². The summed E-state index contributed by atoms with van der Waals surface area (Å²) in [6.07, 6.45) is -3.46. The number of aromatic nitrogens is 2. The molecule has 8 heteroatoms. The molecule has 152 valence electrons. The molecular formula is C21H20F4N4. The van der Waals surface area contributed by atoms with E-state index in [1.807, 2.05) is 6.92 Å². The average Bonchev–Trinajstić information content (AvgIpc) is 2.69. The van der Waals surface area contributed by atoms with E-state index in [2.05, 4.69) is 20.6 Å². The van der Waals surface area contributed by atoms with Gasteiger partial charge in [-0.05, 0) is 42.3 Å².